The highest BCUT2D eigenvalue weighted by Crippen LogP contribution is 2.32. The third kappa shape index (κ3) is 3.80. The van der Waals surface area contributed by atoms with Crippen LogP contribution in [-0.4, -0.2) is 12.1 Å². The molecule has 0 saturated carbocycles. The van der Waals surface area contributed by atoms with Crippen LogP contribution in [0.2, 0.25) is 0 Å². The third-order valence-electron chi connectivity index (χ3n) is 4.78. The van der Waals surface area contributed by atoms with E-state index in [0.717, 1.165) is 29.1 Å². The lowest BCUT2D eigenvalue weighted by molar-refractivity contribution is 0.256. The number of carbonyl (C=O) groups excluding carboxylic acids is 1. The van der Waals surface area contributed by atoms with Crippen LogP contribution in [0.3, 0.4) is 0 Å². The molecule has 3 aromatic carbocycles. The second-order valence-corrected chi connectivity index (χ2v) is 6.78. The molecule has 0 radical (unpaired) electrons. The van der Waals surface area contributed by atoms with E-state index in [-0.39, 0.29) is 12.1 Å². The van der Waals surface area contributed by atoms with Gasteiger partial charge in [0, 0.05) is 17.4 Å². The number of hydrogen-bond donors (Lipinski definition) is 1. The molecule has 1 N–H and O–H groups in total. The lowest BCUT2D eigenvalue weighted by atomic mass is 10.1. The minimum absolute atomic E-state index is 0.106. The van der Waals surface area contributed by atoms with E-state index in [0.29, 0.717) is 6.61 Å². The average Bonchev–Trinajstić information content (AvgIpc) is 3.04. The predicted octanol–water partition coefficient (Wildman–Crippen LogP) is 5.25. The highest BCUT2D eigenvalue weighted by molar-refractivity contribution is 6.03. The van der Waals surface area contributed by atoms with Crippen LogP contribution in [0.1, 0.15) is 18.1 Å². The molecule has 1 aliphatic heterocycles. The molecule has 0 spiro atoms. The number of fused-ring (bicyclic) bond motifs is 1. The van der Waals surface area contributed by atoms with E-state index in [4.69, 9.17) is 4.74 Å². The Morgan fingerprint density at radius 3 is 2.48 bits per heavy atom. The third-order valence-corrected chi connectivity index (χ3v) is 4.78. The number of urea groups is 1. The van der Waals surface area contributed by atoms with E-state index in [1.165, 1.54) is 5.56 Å². The molecule has 2 amide bonds. The lowest BCUT2D eigenvalue weighted by Crippen LogP contribution is -2.39. The zero-order chi connectivity index (χ0) is 18.6. The fourth-order valence-electron chi connectivity index (χ4n) is 3.43. The molecule has 1 heterocycles. The summed E-state index contributed by atoms with van der Waals surface area (Å²) in [6.45, 7) is 2.59. The van der Waals surface area contributed by atoms with Crippen molar-refractivity contribution < 1.29 is 9.53 Å². The van der Waals surface area contributed by atoms with Gasteiger partial charge >= 0.3 is 6.03 Å². The van der Waals surface area contributed by atoms with Gasteiger partial charge in [0.2, 0.25) is 0 Å². The minimum Gasteiger partial charge on any atom is -0.489 e. The Balaban J connectivity index is 1.39. The molecule has 1 unspecified atom stereocenters. The fraction of sp³-hybridized carbons (Fsp3) is 0.174. The van der Waals surface area contributed by atoms with Crippen molar-refractivity contribution in [2.75, 3.05) is 10.2 Å². The molecule has 0 fully saturated rings. The second-order valence-electron chi connectivity index (χ2n) is 6.78. The predicted molar refractivity (Wildman–Crippen MR) is 108 cm³/mol. The Morgan fingerprint density at radius 2 is 1.70 bits per heavy atom. The van der Waals surface area contributed by atoms with Crippen molar-refractivity contribution in [2.24, 2.45) is 0 Å². The van der Waals surface area contributed by atoms with Gasteiger partial charge in [0.05, 0.1) is 0 Å². The molecule has 136 valence electrons. The second kappa shape index (κ2) is 7.54. The molecule has 0 aliphatic carbocycles. The van der Waals surface area contributed by atoms with Crippen molar-refractivity contribution in [3.63, 3.8) is 0 Å². The number of para-hydroxylation sites is 1. The SMILES string of the molecule is CC1Cc2ccccc2N1C(=O)Nc1ccc(OCc2ccccc2)cc1. The summed E-state index contributed by atoms with van der Waals surface area (Å²) < 4.78 is 5.79. The standard InChI is InChI=1S/C23H22N2O2/c1-17-15-19-9-5-6-10-22(19)25(17)23(26)24-20-11-13-21(14-12-20)27-16-18-7-3-2-4-8-18/h2-14,17H,15-16H2,1H3,(H,24,26). The first kappa shape index (κ1) is 17.2. The number of carbonyl (C=O) groups is 1. The summed E-state index contributed by atoms with van der Waals surface area (Å²) in [6, 6.07) is 25.6. The molecule has 4 nitrogen and oxygen atoms in total. The van der Waals surface area contributed by atoms with Crippen molar-refractivity contribution in [1.29, 1.82) is 0 Å². The van der Waals surface area contributed by atoms with Crippen molar-refractivity contribution in [3.05, 3.63) is 90.0 Å². The largest absolute Gasteiger partial charge is 0.489 e. The molecule has 27 heavy (non-hydrogen) atoms. The fourth-order valence-corrected chi connectivity index (χ4v) is 3.43. The molecular formula is C23H22N2O2. The van der Waals surface area contributed by atoms with Gasteiger partial charge in [0.1, 0.15) is 12.4 Å². The number of benzene rings is 3. The van der Waals surface area contributed by atoms with E-state index in [2.05, 4.69) is 18.3 Å². The zero-order valence-corrected chi connectivity index (χ0v) is 15.3. The number of hydrogen-bond acceptors (Lipinski definition) is 2. The maximum absolute atomic E-state index is 12.8. The summed E-state index contributed by atoms with van der Waals surface area (Å²) in [4.78, 5) is 14.6. The van der Waals surface area contributed by atoms with Crippen LogP contribution < -0.4 is 15.0 Å². The van der Waals surface area contributed by atoms with Crippen molar-refractivity contribution >= 4 is 17.4 Å². The summed E-state index contributed by atoms with van der Waals surface area (Å²) in [7, 11) is 0. The van der Waals surface area contributed by atoms with Gasteiger partial charge in [-0.05, 0) is 54.8 Å². The van der Waals surface area contributed by atoms with Crippen molar-refractivity contribution in [1.82, 2.24) is 0 Å². The normalized spacial score (nSPS) is 15.3. The average molecular weight is 358 g/mol. The summed E-state index contributed by atoms with van der Waals surface area (Å²) in [5.41, 5.74) is 4.08. The summed E-state index contributed by atoms with van der Waals surface area (Å²) in [5, 5.41) is 2.99. The molecular weight excluding hydrogens is 336 g/mol. The molecule has 1 atom stereocenters. The molecule has 0 aromatic heterocycles. The molecule has 0 saturated heterocycles. The van der Waals surface area contributed by atoms with Crippen LogP contribution in [0.4, 0.5) is 16.2 Å². The Kier molecular flexibility index (Phi) is 4.79. The summed E-state index contributed by atoms with van der Waals surface area (Å²) >= 11 is 0. The van der Waals surface area contributed by atoms with Gasteiger partial charge in [0.15, 0.2) is 0 Å². The molecule has 4 rings (SSSR count). The first-order chi connectivity index (χ1) is 13.2. The van der Waals surface area contributed by atoms with Crippen molar-refractivity contribution in [3.8, 4) is 5.75 Å². The van der Waals surface area contributed by atoms with E-state index in [9.17, 15) is 4.79 Å². The quantitative estimate of drug-likeness (QED) is 0.692. The topological polar surface area (TPSA) is 41.6 Å². The van der Waals surface area contributed by atoms with Crippen LogP contribution in [0.15, 0.2) is 78.9 Å². The number of ether oxygens (including phenoxy) is 1. The highest BCUT2D eigenvalue weighted by atomic mass is 16.5. The molecule has 0 bridgehead atoms. The smallest absolute Gasteiger partial charge is 0.326 e. The first-order valence-corrected chi connectivity index (χ1v) is 9.15. The minimum atomic E-state index is -0.106. The van der Waals surface area contributed by atoms with E-state index < -0.39 is 0 Å². The Hall–Kier alpha value is -3.27. The summed E-state index contributed by atoms with van der Waals surface area (Å²) in [5.74, 6) is 0.775. The van der Waals surface area contributed by atoms with Gasteiger partial charge in [-0.3, -0.25) is 4.90 Å². The highest BCUT2D eigenvalue weighted by Gasteiger charge is 2.30. The summed E-state index contributed by atoms with van der Waals surface area (Å²) in [6.07, 6.45) is 0.885. The number of amides is 2. The Morgan fingerprint density at radius 1 is 1.00 bits per heavy atom. The Bertz CT molecular complexity index is 923. The molecule has 4 heteroatoms. The van der Waals surface area contributed by atoms with Crippen LogP contribution in [-0.2, 0) is 13.0 Å². The van der Waals surface area contributed by atoms with E-state index in [1.807, 2.05) is 77.7 Å². The number of nitrogens with one attached hydrogen (secondary N) is 1. The van der Waals surface area contributed by atoms with Gasteiger partial charge in [-0.25, -0.2) is 4.79 Å². The number of rotatable bonds is 4. The van der Waals surface area contributed by atoms with E-state index >= 15 is 0 Å². The van der Waals surface area contributed by atoms with Gasteiger partial charge in [-0.15, -0.1) is 0 Å². The molecule has 1 aliphatic rings. The van der Waals surface area contributed by atoms with Gasteiger partial charge in [-0.2, -0.15) is 0 Å². The Labute approximate surface area is 159 Å². The van der Waals surface area contributed by atoms with E-state index in [1.54, 1.807) is 0 Å². The van der Waals surface area contributed by atoms with Crippen LogP contribution in [0.25, 0.3) is 0 Å². The molecule has 3 aromatic rings. The maximum Gasteiger partial charge on any atom is 0.326 e. The number of anilines is 2. The van der Waals surface area contributed by atoms with Gasteiger partial charge in [0.25, 0.3) is 0 Å². The van der Waals surface area contributed by atoms with Crippen LogP contribution in [0, 0.1) is 0 Å². The van der Waals surface area contributed by atoms with Crippen LogP contribution >= 0.6 is 0 Å². The lowest BCUT2D eigenvalue weighted by Gasteiger charge is -2.23. The number of nitrogens with zero attached hydrogens (tertiary/aromatic N) is 1. The van der Waals surface area contributed by atoms with Crippen molar-refractivity contribution in [2.45, 2.75) is 26.0 Å². The van der Waals surface area contributed by atoms with Gasteiger partial charge < -0.3 is 10.1 Å². The van der Waals surface area contributed by atoms with Gasteiger partial charge in [-0.1, -0.05) is 48.5 Å². The monoisotopic (exact) mass is 358 g/mol. The maximum atomic E-state index is 12.8. The zero-order valence-electron chi connectivity index (χ0n) is 15.3. The first-order valence-electron chi connectivity index (χ1n) is 9.15. The van der Waals surface area contributed by atoms with Crippen LogP contribution in [0.5, 0.6) is 5.75 Å².